The van der Waals surface area contributed by atoms with Crippen LogP contribution in [-0.2, 0) is 20.0 Å². The Morgan fingerprint density at radius 2 is 1.09 bits per heavy atom. The van der Waals surface area contributed by atoms with Gasteiger partial charge in [0.05, 0.1) is 9.79 Å². The molecule has 1 aliphatic heterocycles. The number of halogens is 1. The largest absolute Gasteiger partial charge is 0.243 e. The number of benzene rings is 2. The molecular formula is C25H35ClN2O4S2. The number of hydrogen-bond donors (Lipinski definition) is 0. The van der Waals surface area contributed by atoms with Crippen LogP contribution in [0.3, 0.4) is 0 Å². The highest BCUT2D eigenvalue weighted by Crippen LogP contribution is 2.37. The van der Waals surface area contributed by atoms with Crippen molar-refractivity contribution >= 4 is 31.6 Å². The van der Waals surface area contributed by atoms with Crippen LogP contribution in [0, 0.1) is 0 Å². The number of piperazine rings is 1. The van der Waals surface area contributed by atoms with Gasteiger partial charge in [0.15, 0.2) is 0 Å². The first-order valence-electron chi connectivity index (χ1n) is 11.7. The van der Waals surface area contributed by atoms with Gasteiger partial charge in [0.2, 0.25) is 20.0 Å². The van der Waals surface area contributed by atoms with E-state index in [1.165, 1.54) is 32.9 Å². The highest BCUT2D eigenvalue weighted by molar-refractivity contribution is 7.89. The highest BCUT2D eigenvalue weighted by Gasteiger charge is 2.36. The van der Waals surface area contributed by atoms with Crippen LogP contribution in [0.1, 0.15) is 76.0 Å². The Bertz CT molecular complexity index is 1200. The van der Waals surface area contributed by atoms with E-state index >= 15 is 0 Å². The van der Waals surface area contributed by atoms with Gasteiger partial charge in [-0.3, -0.25) is 0 Å². The molecule has 1 aliphatic rings. The van der Waals surface area contributed by atoms with Gasteiger partial charge >= 0.3 is 0 Å². The normalized spacial score (nSPS) is 16.6. The van der Waals surface area contributed by atoms with E-state index in [2.05, 4.69) is 13.8 Å². The van der Waals surface area contributed by atoms with E-state index in [1.807, 2.05) is 39.8 Å². The van der Waals surface area contributed by atoms with Gasteiger partial charge in [-0.25, -0.2) is 16.8 Å². The van der Waals surface area contributed by atoms with E-state index in [0.717, 1.165) is 16.7 Å². The molecule has 2 aromatic carbocycles. The number of rotatable bonds is 7. The van der Waals surface area contributed by atoms with Crippen LogP contribution in [0.25, 0.3) is 0 Å². The maximum absolute atomic E-state index is 13.9. The Hall–Kier alpha value is -1.45. The van der Waals surface area contributed by atoms with Gasteiger partial charge in [0.1, 0.15) is 0 Å². The van der Waals surface area contributed by atoms with Gasteiger partial charge in [0, 0.05) is 31.2 Å². The van der Waals surface area contributed by atoms with Crippen molar-refractivity contribution in [1.82, 2.24) is 8.61 Å². The van der Waals surface area contributed by atoms with Crippen molar-refractivity contribution in [3.8, 4) is 0 Å². The van der Waals surface area contributed by atoms with E-state index in [9.17, 15) is 16.8 Å². The zero-order chi connectivity index (χ0) is 25.4. The number of hydrogen-bond acceptors (Lipinski definition) is 4. The lowest BCUT2D eigenvalue weighted by atomic mass is 9.89. The summed E-state index contributed by atoms with van der Waals surface area (Å²) in [7, 11) is -7.52. The SMILES string of the molecule is CC(C)c1cc(C(C)C)c(S(=O)(=O)N2CCN(S(=O)(=O)c3ccc(Cl)cc3)CC2)c(C(C)C)c1. The lowest BCUT2D eigenvalue weighted by Crippen LogP contribution is -2.50. The highest BCUT2D eigenvalue weighted by atomic mass is 35.5. The lowest BCUT2D eigenvalue weighted by molar-refractivity contribution is 0.272. The maximum atomic E-state index is 13.9. The fourth-order valence-electron chi connectivity index (χ4n) is 4.22. The minimum Gasteiger partial charge on any atom is -0.207 e. The van der Waals surface area contributed by atoms with Gasteiger partial charge in [-0.05, 0) is 58.7 Å². The summed E-state index contributed by atoms with van der Waals surface area (Å²) in [5, 5.41) is 0.459. The third-order valence-corrected chi connectivity index (χ3v) is 10.5. The average molecular weight is 527 g/mol. The fraction of sp³-hybridized carbons (Fsp3) is 0.520. The third kappa shape index (κ3) is 5.36. The monoisotopic (exact) mass is 526 g/mol. The first-order chi connectivity index (χ1) is 15.8. The van der Waals surface area contributed by atoms with E-state index in [4.69, 9.17) is 11.6 Å². The molecule has 0 radical (unpaired) electrons. The molecular weight excluding hydrogens is 492 g/mol. The molecule has 0 saturated carbocycles. The molecule has 0 unspecified atom stereocenters. The Balaban J connectivity index is 1.94. The van der Waals surface area contributed by atoms with Crippen LogP contribution in [-0.4, -0.2) is 51.6 Å². The van der Waals surface area contributed by atoms with Crippen LogP contribution < -0.4 is 0 Å². The number of sulfonamides is 2. The van der Waals surface area contributed by atoms with Gasteiger partial charge in [-0.1, -0.05) is 65.3 Å². The summed E-state index contributed by atoms with van der Waals surface area (Å²) in [6.45, 7) is 12.7. The molecule has 0 amide bonds. The number of nitrogens with zero attached hydrogens (tertiary/aromatic N) is 2. The van der Waals surface area contributed by atoms with Crippen molar-refractivity contribution in [2.75, 3.05) is 26.2 Å². The second-order valence-corrected chi connectivity index (χ2v) is 14.0. The van der Waals surface area contributed by atoms with Crippen LogP contribution in [0.15, 0.2) is 46.2 Å². The van der Waals surface area contributed by atoms with Crippen molar-refractivity contribution in [3.05, 3.63) is 58.1 Å². The van der Waals surface area contributed by atoms with Gasteiger partial charge in [-0.2, -0.15) is 8.61 Å². The molecule has 9 heteroatoms. The molecule has 0 N–H and O–H groups in total. The van der Waals surface area contributed by atoms with E-state index < -0.39 is 20.0 Å². The first kappa shape index (κ1) is 27.1. The quantitative estimate of drug-likeness (QED) is 0.483. The molecule has 0 spiro atoms. The summed E-state index contributed by atoms with van der Waals surface area (Å²) in [6, 6.07) is 10.1. The van der Waals surface area contributed by atoms with Crippen molar-refractivity contribution < 1.29 is 16.8 Å². The Kier molecular flexibility index (Phi) is 8.20. The molecule has 1 fully saturated rings. The third-order valence-electron chi connectivity index (χ3n) is 6.33. The summed E-state index contributed by atoms with van der Waals surface area (Å²) in [5.41, 5.74) is 2.78. The second-order valence-electron chi connectivity index (χ2n) is 9.75. The van der Waals surface area contributed by atoms with E-state index in [1.54, 1.807) is 0 Å². The lowest BCUT2D eigenvalue weighted by Gasteiger charge is -2.34. The van der Waals surface area contributed by atoms with Crippen LogP contribution >= 0.6 is 11.6 Å². The first-order valence-corrected chi connectivity index (χ1v) is 15.0. The molecule has 0 aromatic heterocycles. The molecule has 188 valence electrons. The Morgan fingerprint density at radius 3 is 1.47 bits per heavy atom. The molecule has 6 nitrogen and oxygen atoms in total. The summed E-state index contributed by atoms with van der Waals surface area (Å²) < 4.78 is 56.7. The average Bonchev–Trinajstić information content (AvgIpc) is 2.78. The van der Waals surface area contributed by atoms with Crippen molar-refractivity contribution in [1.29, 1.82) is 0 Å². The molecule has 1 heterocycles. The van der Waals surface area contributed by atoms with Crippen molar-refractivity contribution in [2.24, 2.45) is 0 Å². The molecule has 0 bridgehead atoms. The zero-order valence-electron chi connectivity index (χ0n) is 20.7. The summed E-state index contributed by atoms with van der Waals surface area (Å²) >= 11 is 5.89. The molecule has 3 rings (SSSR count). The molecule has 34 heavy (non-hydrogen) atoms. The van der Waals surface area contributed by atoms with Crippen LogP contribution in [0.2, 0.25) is 5.02 Å². The predicted molar refractivity (Wildman–Crippen MR) is 138 cm³/mol. The van der Waals surface area contributed by atoms with E-state index in [0.29, 0.717) is 9.92 Å². The molecule has 2 aromatic rings. The minimum atomic E-state index is -3.80. The Morgan fingerprint density at radius 1 is 0.676 bits per heavy atom. The van der Waals surface area contributed by atoms with Gasteiger partial charge in [-0.15, -0.1) is 0 Å². The standard InChI is InChI=1S/C25H35ClN2O4S2/c1-17(2)20-15-23(18(3)4)25(24(16-20)19(5)6)34(31,32)28-13-11-27(12-14-28)33(29,30)22-9-7-21(26)8-10-22/h7-10,15-19H,11-14H2,1-6H3. The topological polar surface area (TPSA) is 74.8 Å². The van der Waals surface area contributed by atoms with Gasteiger partial charge in [0.25, 0.3) is 0 Å². The van der Waals surface area contributed by atoms with Crippen LogP contribution in [0.5, 0.6) is 0 Å². The Labute approximate surface area is 210 Å². The molecule has 0 atom stereocenters. The fourth-order valence-corrected chi connectivity index (χ4v) is 7.86. The predicted octanol–water partition coefficient (Wildman–Crippen LogP) is 5.41. The summed E-state index contributed by atoms with van der Waals surface area (Å²) in [4.78, 5) is 0.539. The molecule has 1 saturated heterocycles. The summed E-state index contributed by atoms with van der Waals surface area (Å²) in [6.07, 6.45) is 0. The summed E-state index contributed by atoms with van der Waals surface area (Å²) in [5.74, 6) is 0.355. The van der Waals surface area contributed by atoms with Crippen molar-refractivity contribution in [2.45, 2.75) is 69.1 Å². The van der Waals surface area contributed by atoms with E-state index in [-0.39, 0.29) is 48.8 Å². The smallest absolute Gasteiger partial charge is 0.207 e. The van der Waals surface area contributed by atoms with Crippen molar-refractivity contribution in [3.63, 3.8) is 0 Å². The zero-order valence-corrected chi connectivity index (χ0v) is 23.1. The maximum Gasteiger partial charge on any atom is 0.243 e. The van der Waals surface area contributed by atoms with Crippen LogP contribution in [0.4, 0.5) is 0 Å². The molecule has 0 aliphatic carbocycles. The second kappa shape index (κ2) is 10.3. The minimum absolute atomic E-state index is 0.0348. The van der Waals surface area contributed by atoms with Gasteiger partial charge < -0.3 is 0 Å².